The van der Waals surface area contributed by atoms with Crippen molar-refractivity contribution in [1.82, 2.24) is 10.2 Å². The lowest BCUT2D eigenvalue weighted by Crippen LogP contribution is -2.43. The number of aryl methyl sites for hydroxylation is 1. The van der Waals surface area contributed by atoms with Crippen molar-refractivity contribution < 1.29 is 9.53 Å². The predicted octanol–water partition coefficient (Wildman–Crippen LogP) is 1.84. The van der Waals surface area contributed by atoms with E-state index in [9.17, 15) is 4.79 Å². The SMILES string of the molecule is CCc1ccccc1OCC(=O)N1CCC[C@@H]1CNC. The number of para-hydroxylation sites is 1. The molecule has 0 spiro atoms. The van der Waals surface area contributed by atoms with Crippen LogP contribution >= 0.6 is 0 Å². The average Bonchev–Trinajstić information content (AvgIpc) is 2.94. The zero-order valence-electron chi connectivity index (χ0n) is 12.4. The van der Waals surface area contributed by atoms with Crippen molar-refractivity contribution >= 4 is 5.91 Å². The van der Waals surface area contributed by atoms with Crippen molar-refractivity contribution in [2.24, 2.45) is 0 Å². The van der Waals surface area contributed by atoms with E-state index >= 15 is 0 Å². The normalized spacial score (nSPS) is 18.3. The van der Waals surface area contributed by atoms with Crippen LogP contribution in [0.15, 0.2) is 24.3 Å². The third-order valence-electron chi connectivity index (χ3n) is 3.84. The third-order valence-corrected chi connectivity index (χ3v) is 3.84. The Morgan fingerprint density at radius 3 is 3.00 bits per heavy atom. The van der Waals surface area contributed by atoms with E-state index in [2.05, 4.69) is 12.2 Å². The van der Waals surface area contributed by atoms with Gasteiger partial charge in [0.25, 0.3) is 5.91 Å². The molecule has 1 saturated heterocycles. The summed E-state index contributed by atoms with van der Waals surface area (Å²) in [5.74, 6) is 0.918. The highest BCUT2D eigenvalue weighted by molar-refractivity contribution is 5.78. The van der Waals surface area contributed by atoms with Gasteiger partial charge in [0.05, 0.1) is 0 Å². The molecule has 110 valence electrons. The fourth-order valence-corrected chi connectivity index (χ4v) is 2.77. The van der Waals surface area contributed by atoms with Crippen LogP contribution in [-0.4, -0.2) is 43.6 Å². The lowest BCUT2D eigenvalue weighted by molar-refractivity contribution is -0.134. The number of likely N-dealkylation sites (tertiary alicyclic amines) is 1. The number of nitrogens with zero attached hydrogens (tertiary/aromatic N) is 1. The van der Waals surface area contributed by atoms with Gasteiger partial charge in [0.2, 0.25) is 0 Å². The Bertz CT molecular complexity index is 448. The van der Waals surface area contributed by atoms with Gasteiger partial charge in [0.15, 0.2) is 6.61 Å². The lowest BCUT2D eigenvalue weighted by Gasteiger charge is -2.24. The number of likely N-dealkylation sites (N-methyl/N-ethyl adjacent to an activating group) is 1. The molecule has 1 aromatic carbocycles. The number of hydrogen-bond donors (Lipinski definition) is 1. The van der Waals surface area contributed by atoms with Crippen LogP contribution in [0.4, 0.5) is 0 Å². The molecule has 4 heteroatoms. The summed E-state index contributed by atoms with van der Waals surface area (Å²) in [6.07, 6.45) is 3.08. The number of benzene rings is 1. The van der Waals surface area contributed by atoms with Crippen LogP contribution in [0.5, 0.6) is 5.75 Å². The molecule has 1 aliphatic rings. The second kappa shape index (κ2) is 7.29. The average molecular weight is 276 g/mol. The second-order valence-corrected chi connectivity index (χ2v) is 5.19. The molecule has 0 aromatic heterocycles. The topological polar surface area (TPSA) is 41.6 Å². The number of carbonyl (C=O) groups excluding carboxylic acids is 1. The highest BCUT2D eigenvalue weighted by Crippen LogP contribution is 2.20. The van der Waals surface area contributed by atoms with E-state index < -0.39 is 0 Å². The summed E-state index contributed by atoms with van der Waals surface area (Å²) >= 11 is 0. The van der Waals surface area contributed by atoms with Crippen molar-refractivity contribution in [3.8, 4) is 5.75 Å². The van der Waals surface area contributed by atoms with Gasteiger partial charge in [-0.1, -0.05) is 25.1 Å². The summed E-state index contributed by atoms with van der Waals surface area (Å²) < 4.78 is 5.72. The monoisotopic (exact) mass is 276 g/mol. The zero-order chi connectivity index (χ0) is 14.4. The van der Waals surface area contributed by atoms with Gasteiger partial charge in [-0.2, -0.15) is 0 Å². The maximum absolute atomic E-state index is 12.3. The first-order valence-electron chi connectivity index (χ1n) is 7.41. The Kier molecular flexibility index (Phi) is 5.41. The number of nitrogens with one attached hydrogen (secondary N) is 1. The van der Waals surface area contributed by atoms with Gasteiger partial charge in [-0.25, -0.2) is 0 Å². The third kappa shape index (κ3) is 3.51. The van der Waals surface area contributed by atoms with E-state index in [1.165, 1.54) is 0 Å². The molecule has 1 fully saturated rings. The molecule has 0 radical (unpaired) electrons. The number of amides is 1. The molecule has 0 aliphatic carbocycles. The summed E-state index contributed by atoms with van der Waals surface area (Å²) in [4.78, 5) is 14.2. The quantitative estimate of drug-likeness (QED) is 0.862. The zero-order valence-corrected chi connectivity index (χ0v) is 12.4. The molecule has 1 aliphatic heterocycles. The molecule has 1 aromatic rings. The van der Waals surface area contributed by atoms with E-state index in [1.807, 2.05) is 36.2 Å². The van der Waals surface area contributed by atoms with Gasteiger partial charge in [0.1, 0.15) is 5.75 Å². The summed E-state index contributed by atoms with van der Waals surface area (Å²) in [5.41, 5.74) is 1.15. The van der Waals surface area contributed by atoms with Gasteiger partial charge in [-0.05, 0) is 37.9 Å². The second-order valence-electron chi connectivity index (χ2n) is 5.19. The van der Waals surface area contributed by atoms with Crippen molar-refractivity contribution in [3.63, 3.8) is 0 Å². The molecular weight excluding hydrogens is 252 g/mol. The molecule has 0 bridgehead atoms. The Balaban J connectivity index is 1.91. The highest BCUT2D eigenvalue weighted by atomic mass is 16.5. The van der Waals surface area contributed by atoms with Crippen LogP contribution in [0, 0.1) is 0 Å². The van der Waals surface area contributed by atoms with Crippen LogP contribution in [-0.2, 0) is 11.2 Å². The highest BCUT2D eigenvalue weighted by Gasteiger charge is 2.28. The van der Waals surface area contributed by atoms with Crippen molar-refractivity contribution in [2.45, 2.75) is 32.2 Å². The minimum absolute atomic E-state index is 0.0913. The van der Waals surface area contributed by atoms with E-state index in [1.54, 1.807) is 0 Å². The number of carbonyl (C=O) groups is 1. The maximum atomic E-state index is 12.3. The number of ether oxygens (including phenoxy) is 1. The molecule has 1 N–H and O–H groups in total. The lowest BCUT2D eigenvalue weighted by atomic mass is 10.1. The molecule has 1 heterocycles. The van der Waals surface area contributed by atoms with Gasteiger partial charge in [0, 0.05) is 19.1 Å². The maximum Gasteiger partial charge on any atom is 0.260 e. The van der Waals surface area contributed by atoms with E-state index in [4.69, 9.17) is 4.74 Å². The Hall–Kier alpha value is -1.55. The molecule has 20 heavy (non-hydrogen) atoms. The molecule has 1 atom stereocenters. The van der Waals surface area contributed by atoms with E-state index in [-0.39, 0.29) is 12.5 Å². The van der Waals surface area contributed by atoms with E-state index in [0.717, 1.165) is 43.7 Å². The fraction of sp³-hybridized carbons (Fsp3) is 0.562. The van der Waals surface area contributed by atoms with Crippen LogP contribution in [0.3, 0.4) is 0 Å². The van der Waals surface area contributed by atoms with Crippen molar-refractivity contribution in [1.29, 1.82) is 0 Å². The number of hydrogen-bond acceptors (Lipinski definition) is 3. The van der Waals surface area contributed by atoms with Crippen molar-refractivity contribution in [3.05, 3.63) is 29.8 Å². The predicted molar refractivity (Wildman–Crippen MR) is 80.0 cm³/mol. The minimum atomic E-state index is 0.0913. The first-order valence-corrected chi connectivity index (χ1v) is 7.41. The Morgan fingerprint density at radius 1 is 1.45 bits per heavy atom. The largest absolute Gasteiger partial charge is 0.483 e. The van der Waals surface area contributed by atoms with Crippen LogP contribution < -0.4 is 10.1 Å². The summed E-state index contributed by atoms with van der Waals surface area (Å²) in [7, 11) is 1.93. The molecular formula is C16H24N2O2. The molecule has 1 amide bonds. The fourth-order valence-electron chi connectivity index (χ4n) is 2.77. The van der Waals surface area contributed by atoms with Gasteiger partial charge in [-0.15, -0.1) is 0 Å². The smallest absolute Gasteiger partial charge is 0.260 e. The molecule has 0 unspecified atom stereocenters. The first-order chi connectivity index (χ1) is 9.76. The van der Waals surface area contributed by atoms with E-state index in [0.29, 0.717) is 6.04 Å². The molecule has 2 rings (SSSR count). The van der Waals surface area contributed by atoms with Gasteiger partial charge >= 0.3 is 0 Å². The van der Waals surface area contributed by atoms with Gasteiger partial charge < -0.3 is 15.0 Å². The molecule has 4 nitrogen and oxygen atoms in total. The summed E-state index contributed by atoms with van der Waals surface area (Å²) in [6, 6.07) is 8.23. The molecule has 0 saturated carbocycles. The van der Waals surface area contributed by atoms with Crippen LogP contribution in [0.2, 0.25) is 0 Å². The first kappa shape index (κ1) is 14.9. The van der Waals surface area contributed by atoms with Crippen LogP contribution in [0.1, 0.15) is 25.3 Å². The Morgan fingerprint density at radius 2 is 2.25 bits per heavy atom. The van der Waals surface area contributed by atoms with Crippen LogP contribution in [0.25, 0.3) is 0 Å². The minimum Gasteiger partial charge on any atom is -0.483 e. The summed E-state index contributed by atoms with van der Waals surface area (Å²) in [6.45, 7) is 3.94. The Labute approximate surface area is 121 Å². The van der Waals surface area contributed by atoms with Crippen molar-refractivity contribution in [2.75, 3.05) is 26.7 Å². The number of rotatable bonds is 6. The summed E-state index contributed by atoms with van der Waals surface area (Å²) in [5, 5.41) is 3.15. The van der Waals surface area contributed by atoms with Gasteiger partial charge in [-0.3, -0.25) is 4.79 Å². The standard InChI is InChI=1S/C16H24N2O2/c1-3-13-7-4-5-9-15(13)20-12-16(19)18-10-6-8-14(18)11-17-2/h4-5,7,9,14,17H,3,6,8,10-12H2,1-2H3/t14-/m1/s1.